The van der Waals surface area contributed by atoms with Crippen molar-refractivity contribution in [1.82, 2.24) is 5.32 Å². The number of ether oxygens (including phenoxy) is 1. The van der Waals surface area contributed by atoms with Gasteiger partial charge in [-0.3, -0.25) is 0 Å². The van der Waals surface area contributed by atoms with Crippen LogP contribution < -0.4 is 5.32 Å². The van der Waals surface area contributed by atoms with Crippen molar-refractivity contribution < 1.29 is 4.74 Å². The minimum Gasteiger partial charge on any atom is -0.381 e. The van der Waals surface area contributed by atoms with Crippen LogP contribution in [0.3, 0.4) is 0 Å². The number of hydrogen-bond donors (Lipinski definition) is 1. The largest absolute Gasteiger partial charge is 0.381 e. The molecule has 0 atom stereocenters. The Bertz CT molecular complexity index is 81.3. The van der Waals surface area contributed by atoms with E-state index in [0.29, 0.717) is 0 Å². The molecule has 0 saturated carbocycles. The van der Waals surface area contributed by atoms with Gasteiger partial charge < -0.3 is 10.1 Å². The van der Waals surface area contributed by atoms with Crippen molar-refractivity contribution in [3.63, 3.8) is 0 Å². The van der Waals surface area contributed by atoms with Gasteiger partial charge in [0.15, 0.2) is 0 Å². The average molecular weight is 143 g/mol. The Hall–Kier alpha value is -0.0800. The molecule has 10 heavy (non-hydrogen) atoms. The average Bonchev–Trinajstić information content (AvgIpc) is 1.84. The third kappa shape index (κ3) is 2.67. The van der Waals surface area contributed by atoms with Crippen LogP contribution in [-0.2, 0) is 4.74 Å². The lowest BCUT2D eigenvalue weighted by molar-refractivity contribution is 0.112. The second-order valence-corrected chi connectivity index (χ2v) is 2.93. The fourth-order valence-corrected chi connectivity index (χ4v) is 1.05. The van der Waals surface area contributed by atoms with E-state index >= 15 is 0 Å². The van der Waals surface area contributed by atoms with Crippen LogP contribution in [0.15, 0.2) is 0 Å². The number of nitrogens with one attached hydrogen (secondary N) is 1. The molecular formula is C8H17NO. The normalized spacial score (nSPS) is 18.9. The Morgan fingerprint density at radius 2 is 2.20 bits per heavy atom. The summed E-state index contributed by atoms with van der Waals surface area (Å²) in [4.78, 5) is 0. The van der Waals surface area contributed by atoms with Crippen molar-refractivity contribution in [2.75, 3.05) is 26.3 Å². The SMILES string of the molecule is CCCOCCC1CNC1. The van der Waals surface area contributed by atoms with E-state index in [9.17, 15) is 0 Å². The first-order valence-corrected chi connectivity index (χ1v) is 4.22. The molecule has 0 radical (unpaired) electrons. The molecule has 0 aromatic heterocycles. The molecule has 1 heterocycles. The first-order valence-electron chi connectivity index (χ1n) is 4.22. The summed E-state index contributed by atoms with van der Waals surface area (Å²) in [7, 11) is 0. The first kappa shape index (κ1) is 8.02. The van der Waals surface area contributed by atoms with E-state index in [0.717, 1.165) is 25.6 Å². The van der Waals surface area contributed by atoms with Crippen LogP contribution in [0.1, 0.15) is 19.8 Å². The van der Waals surface area contributed by atoms with Crippen molar-refractivity contribution >= 4 is 0 Å². The van der Waals surface area contributed by atoms with Gasteiger partial charge in [0.1, 0.15) is 0 Å². The molecule has 0 spiro atoms. The van der Waals surface area contributed by atoms with Crippen LogP contribution in [0.25, 0.3) is 0 Å². The van der Waals surface area contributed by atoms with E-state index in [2.05, 4.69) is 12.2 Å². The third-order valence-corrected chi connectivity index (χ3v) is 1.88. The number of hydrogen-bond acceptors (Lipinski definition) is 2. The summed E-state index contributed by atoms with van der Waals surface area (Å²) in [6, 6.07) is 0. The van der Waals surface area contributed by atoms with Gasteiger partial charge in [0.05, 0.1) is 0 Å². The summed E-state index contributed by atoms with van der Waals surface area (Å²) in [5.41, 5.74) is 0. The highest BCUT2D eigenvalue weighted by Gasteiger charge is 2.15. The summed E-state index contributed by atoms with van der Waals surface area (Å²) >= 11 is 0. The van der Waals surface area contributed by atoms with Crippen LogP contribution in [0.2, 0.25) is 0 Å². The van der Waals surface area contributed by atoms with Gasteiger partial charge in [-0.15, -0.1) is 0 Å². The van der Waals surface area contributed by atoms with Gasteiger partial charge in [-0.25, -0.2) is 0 Å². The van der Waals surface area contributed by atoms with Crippen molar-refractivity contribution in [1.29, 1.82) is 0 Å². The zero-order valence-electron chi connectivity index (χ0n) is 6.73. The minimum atomic E-state index is 0.900. The Balaban J connectivity index is 1.76. The van der Waals surface area contributed by atoms with Gasteiger partial charge in [0, 0.05) is 13.2 Å². The van der Waals surface area contributed by atoms with E-state index in [1.165, 1.54) is 19.5 Å². The van der Waals surface area contributed by atoms with Crippen molar-refractivity contribution in [2.24, 2.45) is 5.92 Å². The van der Waals surface area contributed by atoms with E-state index < -0.39 is 0 Å². The molecule has 1 rings (SSSR count). The number of rotatable bonds is 5. The van der Waals surface area contributed by atoms with Crippen molar-refractivity contribution in [2.45, 2.75) is 19.8 Å². The Labute approximate surface area is 63.0 Å². The fourth-order valence-electron chi connectivity index (χ4n) is 1.05. The predicted molar refractivity (Wildman–Crippen MR) is 42.1 cm³/mol. The molecule has 2 heteroatoms. The Morgan fingerprint density at radius 3 is 2.70 bits per heavy atom. The summed E-state index contributed by atoms with van der Waals surface area (Å²) in [5, 5.41) is 3.25. The maximum atomic E-state index is 5.36. The molecule has 0 aromatic rings. The second-order valence-electron chi connectivity index (χ2n) is 2.93. The molecule has 0 aromatic carbocycles. The molecule has 0 amide bonds. The van der Waals surface area contributed by atoms with Crippen molar-refractivity contribution in [3.05, 3.63) is 0 Å². The first-order chi connectivity index (χ1) is 4.93. The summed E-state index contributed by atoms with van der Waals surface area (Å²) < 4.78 is 5.36. The van der Waals surface area contributed by atoms with Crippen LogP contribution in [0.5, 0.6) is 0 Å². The van der Waals surface area contributed by atoms with E-state index in [1.807, 2.05) is 0 Å². The maximum absolute atomic E-state index is 5.36. The second kappa shape index (κ2) is 4.69. The molecule has 1 N–H and O–H groups in total. The van der Waals surface area contributed by atoms with Gasteiger partial charge in [0.25, 0.3) is 0 Å². The van der Waals surface area contributed by atoms with Gasteiger partial charge >= 0.3 is 0 Å². The van der Waals surface area contributed by atoms with Crippen LogP contribution in [0.4, 0.5) is 0 Å². The third-order valence-electron chi connectivity index (χ3n) is 1.88. The lowest BCUT2D eigenvalue weighted by Gasteiger charge is -2.26. The van der Waals surface area contributed by atoms with Crippen LogP contribution in [-0.4, -0.2) is 26.3 Å². The zero-order valence-corrected chi connectivity index (χ0v) is 6.73. The minimum absolute atomic E-state index is 0.900. The molecule has 1 aliphatic rings. The molecule has 0 unspecified atom stereocenters. The summed E-state index contributed by atoms with van der Waals surface area (Å²) in [6.07, 6.45) is 2.38. The monoisotopic (exact) mass is 143 g/mol. The van der Waals surface area contributed by atoms with Gasteiger partial charge in [-0.1, -0.05) is 6.92 Å². The molecule has 60 valence electrons. The van der Waals surface area contributed by atoms with Gasteiger partial charge in [-0.05, 0) is 31.8 Å². The standard InChI is InChI=1S/C8H17NO/c1-2-4-10-5-3-8-6-9-7-8/h8-9H,2-7H2,1H3. The Kier molecular flexibility index (Phi) is 3.76. The van der Waals surface area contributed by atoms with Gasteiger partial charge in [-0.2, -0.15) is 0 Å². The molecule has 0 bridgehead atoms. The van der Waals surface area contributed by atoms with E-state index in [1.54, 1.807) is 0 Å². The lowest BCUT2D eigenvalue weighted by Crippen LogP contribution is -2.42. The molecular weight excluding hydrogens is 126 g/mol. The predicted octanol–water partition coefficient (Wildman–Crippen LogP) is 1.02. The van der Waals surface area contributed by atoms with Crippen LogP contribution in [0, 0.1) is 5.92 Å². The highest BCUT2D eigenvalue weighted by molar-refractivity contribution is 4.73. The van der Waals surface area contributed by atoms with E-state index in [-0.39, 0.29) is 0 Å². The topological polar surface area (TPSA) is 21.3 Å². The zero-order chi connectivity index (χ0) is 7.23. The summed E-state index contributed by atoms with van der Waals surface area (Å²) in [5.74, 6) is 0.900. The van der Waals surface area contributed by atoms with E-state index in [4.69, 9.17) is 4.74 Å². The smallest absolute Gasteiger partial charge is 0.0469 e. The van der Waals surface area contributed by atoms with Gasteiger partial charge in [0.2, 0.25) is 0 Å². The molecule has 1 aliphatic heterocycles. The lowest BCUT2D eigenvalue weighted by atomic mass is 10.0. The molecule has 1 fully saturated rings. The highest BCUT2D eigenvalue weighted by Crippen LogP contribution is 2.07. The molecule has 2 nitrogen and oxygen atoms in total. The Morgan fingerprint density at radius 1 is 1.40 bits per heavy atom. The highest BCUT2D eigenvalue weighted by atomic mass is 16.5. The quantitative estimate of drug-likeness (QED) is 0.580. The molecule has 1 saturated heterocycles. The van der Waals surface area contributed by atoms with Crippen molar-refractivity contribution in [3.8, 4) is 0 Å². The fraction of sp³-hybridized carbons (Fsp3) is 1.00. The van der Waals surface area contributed by atoms with Crippen LogP contribution >= 0.6 is 0 Å². The summed E-state index contributed by atoms with van der Waals surface area (Å²) in [6.45, 7) is 6.44. The molecule has 0 aliphatic carbocycles. The maximum Gasteiger partial charge on any atom is 0.0469 e.